The highest BCUT2D eigenvalue weighted by atomic mass is 15.1. The summed E-state index contributed by atoms with van der Waals surface area (Å²) in [6.45, 7) is 4.69. The number of anilines is 3. The molecule has 11 rings (SSSR count). The van der Waals surface area contributed by atoms with Crippen molar-refractivity contribution >= 4 is 27.8 Å². The summed E-state index contributed by atoms with van der Waals surface area (Å²) in [5.74, 6) is 0. The molecule has 62 heavy (non-hydrogen) atoms. The van der Waals surface area contributed by atoms with E-state index >= 15 is 0 Å². The standard InChI is InChI=1S/C61H45N/c1-61(2)57-32-14-13-29-54(57)56-41-49(36-37-58(56)61)47-25-16-27-51(40-47)62(50-26-15-24-46(39-50)48-35-34-42-18-9-10-23-45(42)38-48)59-33-17-31-53(44-21-7-4-8-22-44)60(59)55-30-12-11-28-52(55)43-19-5-3-6-20-43/h3-41H,1-2H3. The van der Waals surface area contributed by atoms with Crippen molar-refractivity contribution in [1.29, 1.82) is 0 Å². The van der Waals surface area contributed by atoms with Gasteiger partial charge in [0, 0.05) is 22.4 Å². The molecule has 0 bridgehead atoms. The minimum Gasteiger partial charge on any atom is -0.310 e. The third-order valence-electron chi connectivity index (χ3n) is 12.9. The van der Waals surface area contributed by atoms with Crippen LogP contribution in [0.4, 0.5) is 17.1 Å². The van der Waals surface area contributed by atoms with Crippen LogP contribution in [0.1, 0.15) is 25.0 Å². The van der Waals surface area contributed by atoms with E-state index in [0.717, 1.165) is 17.1 Å². The van der Waals surface area contributed by atoms with Crippen molar-refractivity contribution in [3.8, 4) is 66.8 Å². The molecule has 294 valence electrons. The Kier molecular flexibility index (Phi) is 9.24. The number of rotatable bonds is 8. The van der Waals surface area contributed by atoms with Gasteiger partial charge in [0.15, 0.2) is 0 Å². The molecule has 0 aliphatic heterocycles. The maximum absolute atomic E-state index is 2.48. The molecule has 0 N–H and O–H groups in total. The van der Waals surface area contributed by atoms with E-state index in [9.17, 15) is 0 Å². The van der Waals surface area contributed by atoms with Crippen molar-refractivity contribution in [3.63, 3.8) is 0 Å². The summed E-state index contributed by atoms with van der Waals surface area (Å²) < 4.78 is 0. The monoisotopic (exact) mass is 791 g/mol. The summed E-state index contributed by atoms with van der Waals surface area (Å²) >= 11 is 0. The fourth-order valence-electron chi connectivity index (χ4n) is 9.78. The molecular formula is C61H45N. The molecule has 10 aromatic carbocycles. The van der Waals surface area contributed by atoms with Crippen LogP contribution in [0.3, 0.4) is 0 Å². The lowest BCUT2D eigenvalue weighted by molar-refractivity contribution is 0.660. The van der Waals surface area contributed by atoms with E-state index < -0.39 is 0 Å². The molecule has 1 aliphatic rings. The Bertz CT molecular complexity index is 3270. The molecule has 1 aliphatic carbocycles. The quantitative estimate of drug-likeness (QED) is 0.148. The molecule has 0 fully saturated rings. The minimum atomic E-state index is -0.0463. The number of benzene rings is 10. The summed E-state index contributed by atoms with van der Waals surface area (Å²) in [7, 11) is 0. The van der Waals surface area contributed by atoms with Crippen LogP contribution in [0.2, 0.25) is 0 Å². The van der Waals surface area contributed by atoms with E-state index in [4.69, 9.17) is 0 Å². The van der Waals surface area contributed by atoms with Crippen molar-refractivity contribution in [1.82, 2.24) is 0 Å². The van der Waals surface area contributed by atoms with Gasteiger partial charge in [0.1, 0.15) is 0 Å². The predicted molar refractivity (Wildman–Crippen MR) is 263 cm³/mol. The summed E-state index contributed by atoms with van der Waals surface area (Å²) in [5, 5.41) is 2.47. The second-order valence-corrected chi connectivity index (χ2v) is 16.9. The first kappa shape index (κ1) is 37.3. The van der Waals surface area contributed by atoms with E-state index in [1.54, 1.807) is 0 Å². The van der Waals surface area contributed by atoms with E-state index in [0.29, 0.717) is 0 Å². The van der Waals surface area contributed by atoms with Crippen LogP contribution in [0.5, 0.6) is 0 Å². The Hall–Kier alpha value is -7.74. The van der Waals surface area contributed by atoms with Gasteiger partial charge in [-0.1, -0.05) is 208 Å². The predicted octanol–water partition coefficient (Wildman–Crippen LogP) is 17.0. The number of hydrogen-bond acceptors (Lipinski definition) is 1. The summed E-state index contributed by atoms with van der Waals surface area (Å²) in [6, 6.07) is 86.8. The summed E-state index contributed by atoms with van der Waals surface area (Å²) in [4.78, 5) is 2.48. The summed E-state index contributed by atoms with van der Waals surface area (Å²) in [6.07, 6.45) is 0. The molecule has 0 amide bonds. The van der Waals surface area contributed by atoms with Gasteiger partial charge in [-0.05, 0) is 126 Å². The van der Waals surface area contributed by atoms with Crippen molar-refractivity contribution in [2.24, 2.45) is 0 Å². The average molecular weight is 792 g/mol. The van der Waals surface area contributed by atoms with Crippen molar-refractivity contribution in [2.45, 2.75) is 19.3 Å². The molecule has 0 heterocycles. The van der Waals surface area contributed by atoms with Gasteiger partial charge in [-0.25, -0.2) is 0 Å². The lowest BCUT2D eigenvalue weighted by Gasteiger charge is -2.30. The van der Waals surface area contributed by atoms with Crippen LogP contribution in [0, 0.1) is 0 Å². The Morgan fingerprint density at radius 3 is 1.48 bits per heavy atom. The zero-order chi connectivity index (χ0) is 41.6. The van der Waals surface area contributed by atoms with Gasteiger partial charge in [-0.15, -0.1) is 0 Å². The molecule has 0 atom stereocenters. The van der Waals surface area contributed by atoms with E-state index in [1.165, 1.54) is 88.7 Å². The van der Waals surface area contributed by atoms with Crippen molar-refractivity contribution in [3.05, 3.63) is 248 Å². The van der Waals surface area contributed by atoms with Gasteiger partial charge in [0.25, 0.3) is 0 Å². The van der Waals surface area contributed by atoms with E-state index in [1.807, 2.05) is 0 Å². The first-order chi connectivity index (χ1) is 30.5. The first-order valence-electron chi connectivity index (χ1n) is 21.6. The Morgan fingerprint density at radius 2 is 0.774 bits per heavy atom. The van der Waals surface area contributed by atoms with Gasteiger partial charge < -0.3 is 4.90 Å². The molecule has 0 saturated heterocycles. The van der Waals surface area contributed by atoms with Crippen LogP contribution in [-0.2, 0) is 5.41 Å². The molecule has 0 unspecified atom stereocenters. The molecule has 1 heteroatoms. The van der Waals surface area contributed by atoms with Crippen LogP contribution in [-0.4, -0.2) is 0 Å². The van der Waals surface area contributed by atoms with Gasteiger partial charge >= 0.3 is 0 Å². The second-order valence-electron chi connectivity index (χ2n) is 16.9. The Morgan fingerprint density at radius 1 is 0.290 bits per heavy atom. The van der Waals surface area contributed by atoms with Crippen molar-refractivity contribution < 1.29 is 0 Å². The highest BCUT2D eigenvalue weighted by Gasteiger charge is 2.35. The number of hydrogen-bond donors (Lipinski definition) is 0. The number of nitrogens with zero attached hydrogens (tertiary/aromatic N) is 1. The topological polar surface area (TPSA) is 3.24 Å². The zero-order valence-electron chi connectivity index (χ0n) is 35.0. The van der Waals surface area contributed by atoms with Crippen molar-refractivity contribution in [2.75, 3.05) is 4.90 Å². The molecule has 10 aromatic rings. The molecule has 0 spiro atoms. The van der Waals surface area contributed by atoms with Crippen LogP contribution in [0.15, 0.2) is 237 Å². The average Bonchev–Trinajstić information content (AvgIpc) is 3.57. The van der Waals surface area contributed by atoms with Gasteiger partial charge in [-0.2, -0.15) is 0 Å². The molecule has 1 nitrogen and oxygen atoms in total. The van der Waals surface area contributed by atoms with Crippen LogP contribution >= 0.6 is 0 Å². The van der Waals surface area contributed by atoms with Gasteiger partial charge in [0.2, 0.25) is 0 Å². The molecular weight excluding hydrogens is 747 g/mol. The normalized spacial score (nSPS) is 12.5. The SMILES string of the molecule is CC1(C)c2ccccc2-c2cc(-c3cccc(N(c4cccc(-c5ccc6ccccc6c5)c4)c4cccc(-c5ccccc5)c4-c4ccccc4-c4ccccc4)c3)ccc21. The number of fused-ring (bicyclic) bond motifs is 4. The molecule has 0 aromatic heterocycles. The zero-order valence-corrected chi connectivity index (χ0v) is 35.0. The third kappa shape index (κ3) is 6.51. The fraction of sp³-hybridized carbons (Fsp3) is 0.0492. The maximum atomic E-state index is 2.48. The smallest absolute Gasteiger partial charge is 0.0546 e. The lowest BCUT2D eigenvalue weighted by Crippen LogP contribution is -2.14. The van der Waals surface area contributed by atoms with E-state index in [-0.39, 0.29) is 5.41 Å². The maximum Gasteiger partial charge on any atom is 0.0546 e. The lowest BCUT2D eigenvalue weighted by atomic mass is 9.82. The minimum absolute atomic E-state index is 0.0463. The molecule has 0 radical (unpaired) electrons. The Labute approximate surface area is 364 Å². The Balaban J connectivity index is 1.15. The third-order valence-corrected chi connectivity index (χ3v) is 12.9. The van der Waals surface area contributed by atoms with Gasteiger partial charge in [-0.3, -0.25) is 0 Å². The molecule has 0 saturated carbocycles. The first-order valence-corrected chi connectivity index (χ1v) is 21.6. The fourth-order valence-corrected chi connectivity index (χ4v) is 9.78. The largest absolute Gasteiger partial charge is 0.310 e. The second kappa shape index (κ2) is 15.4. The summed E-state index contributed by atoms with van der Waals surface area (Å²) in [5.41, 5.74) is 20.5. The van der Waals surface area contributed by atoms with Gasteiger partial charge in [0.05, 0.1) is 5.69 Å². The van der Waals surface area contributed by atoms with Crippen LogP contribution in [0.25, 0.3) is 77.5 Å². The van der Waals surface area contributed by atoms with E-state index in [2.05, 4.69) is 255 Å². The highest BCUT2D eigenvalue weighted by molar-refractivity contribution is 6.02. The van der Waals surface area contributed by atoms with Crippen LogP contribution < -0.4 is 4.90 Å². The highest BCUT2D eigenvalue weighted by Crippen LogP contribution is 2.51.